The number of carbonyl (C=O) groups is 1. The number of ether oxygens (including phenoxy) is 2. The molecule has 2 aromatic carbocycles. The number of carbonyl (C=O) groups excluding carboxylic acids is 1. The summed E-state index contributed by atoms with van der Waals surface area (Å²) in [6.45, 7) is 6.37. The van der Waals surface area contributed by atoms with E-state index in [1.54, 1.807) is 6.07 Å². The van der Waals surface area contributed by atoms with Gasteiger partial charge in [-0.05, 0) is 46.9 Å². The molecule has 0 aliphatic carbocycles. The fourth-order valence-electron chi connectivity index (χ4n) is 2.53. The number of benzene rings is 2. The van der Waals surface area contributed by atoms with Crippen molar-refractivity contribution in [1.29, 1.82) is 0 Å². The van der Waals surface area contributed by atoms with E-state index in [1.165, 1.54) is 18.3 Å². The van der Waals surface area contributed by atoms with Gasteiger partial charge in [0.25, 0.3) is 5.91 Å². The maximum absolute atomic E-state index is 12.3. The van der Waals surface area contributed by atoms with Crippen LogP contribution in [0.5, 0.6) is 23.0 Å². The fraction of sp³-hybridized carbons (Fsp3) is 0.300. The SMILES string of the molecule is CC(C)(C)c1ccc2c(c1)OC(C(=O)N/N=C/c1ccc(O)c(O)c1)CO2. The number of amides is 1. The Bertz CT molecular complexity index is 886. The Hall–Kier alpha value is -3.22. The molecule has 3 rings (SSSR count). The normalized spacial score (nSPS) is 16.3. The molecule has 1 amide bonds. The number of hydrogen-bond acceptors (Lipinski definition) is 6. The Morgan fingerprint density at radius 1 is 1.15 bits per heavy atom. The van der Waals surface area contributed by atoms with E-state index in [9.17, 15) is 15.0 Å². The van der Waals surface area contributed by atoms with Gasteiger partial charge in [0.05, 0.1) is 6.21 Å². The molecule has 0 fully saturated rings. The molecule has 7 heteroatoms. The van der Waals surface area contributed by atoms with Crippen LogP contribution in [0.1, 0.15) is 31.9 Å². The highest BCUT2D eigenvalue weighted by Gasteiger charge is 2.28. The highest BCUT2D eigenvalue weighted by molar-refractivity contribution is 5.85. The maximum Gasteiger partial charge on any atom is 0.284 e. The zero-order chi connectivity index (χ0) is 19.6. The van der Waals surface area contributed by atoms with E-state index in [2.05, 4.69) is 31.3 Å². The van der Waals surface area contributed by atoms with Crippen molar-refractivity contribution in [3.63, 3.8) is 0 Å². The van der Waals surface area contributed by atoms with Crippen LogP contribution in [-0.4, -0.2) is 35.0 Å². The first-order chi connectivity index (χ1) is 12.7. The Morgan fingerprint density at radius 3 is 2.63 bits per heavy atom. The van der Waals surface area contributed by atoms with Gasteiger partial charge in [-0.25, -0.2) is 5.43 Å². The van der Waals surface area contributed by atoms with Crippen molar-refractivity contribution in [1.82, 2.24) is 5.43 Å². The van der Waals surface area contributed by atoms with E-state index in [-0.39, 0.29) is 23.5 Å². The van der Waals surface area contributed by atoms with Crippen molar-refractivity contribution in [2.45, 2.75) is 32.3 Å². The maximum atomic E-state index is 12.3. The van der Waals surface area contributed by atoms with Crippen LogP contribution in [0, 0.1) is 0 Å². The summed E-state index contributed by atoms with van der Waals surface area (Å²) in [4.78, 5) is 12.3. The van der Waals surface area contributed by atoms with Crippen LogP contribution in [0.4, 0.5) is 0 Å². The second kappa shape index (κ2) is 7.19. The Labute approximate surface area is 157 Å². The van der Waals surface area contributed by atoms with Gasteiger partial charge in [-0.15, -0.1) is 0 Å². The molecule has 0 bridgehead atoms. The molecule has 0 spiro atoms. The standard InChI is InChI=1S/C20H22N2O5/c1-20(2,3)13-5-7-16-17(9-13)27-18(11-26-16)19(25)22-21-10-12-4-6-14(23)15(24)8-12/h4-10,18,23-24H,11H2,1-3H3,(H,22,25)/b21-10+. The molecule has 3 N–H and O–H groups in total. The molecule has 0 saturated carbocycles. The predicted molar refractivity (Wildman–Crippen MR) is 101 cm³/mol. The lowest BCUT2D eigenvalue weighted by atomic mass is 9.87. The molecule has 7 nitrogen and oxygen atoms in total. The van der Waals surface area contributed by atoms with Gasteiger partial charge in [-0.2, -0.15) is 5.10 Å². The summed E-state index contributed by atoms with van der Waals surface area (Å²) in [6, 6.07) is 9.93. The van der Waals surface area contributed by atoms with E-state index in [0.717, 1.165) is 5.56 Å². The summed E-state index contributed by atoms with van der Waals surface area (Å²) in [5.41, 5.74) is 3.94. The van der Waals surface area contributed by atoms with Gasteiger partial charge in [0.2, 0.25) is 6.10 Å². The lowest BCUT2D eigenvalue weighted by Gasteiger charge is -2.27. The predicted octanol–water partition coefficient (Wildman–Crippen LogP) is 2.69. The third kappa shape index (κ3) is 4.31. The van der Waals surface area contributed by atoms with Crippen molar-refractivity contribution in [3.05, 3.63) is 47.5 Å². The van der Waals surface area contributed by atoms with Crippen LogP contribution in [0.2, 0.25) is 0 Å². The zero-order valence-corrected chi connectivity index (χ0v) is 15.4. The van der Waals surface area contributed by atoms with Gasteiger partial charge in [0, 0.05) is 0 Å². The van der Waals surface area contributed by atoms with Gasteiger partial charge in [0.15, 0.2) is 23.0 Å². The molecule has 1 aliphatic heterocycles. The quantitative estimate of drug-likeness (QED) is 0.438. The van der Waals surface area contributed by atoms with E-state index in [4.69, 9.17) is 9.47 Å². The van der Waals surface area contributed by atoms with Crippen LogP contribution in [0.25, 0.3) is 0 Å². The Balaban J connectivity index is 1.65. The third-order valence-corrected chi connectivity index (χ3v) is 4.15. The molecule has 2 aromatic rings. The molecule has 27 heavy (non-hydrogen) atoms. The Morgan fingerprint density at radius 2 is 1.93 bits per heavy atom. The largest absolute Gasteiger partial charge is 0.504 e. The van der Waals surface area contributed by atoms with Crippen LogP contribution in [-0.2, 0) is 10.2 Å². The van der Waals surface area contributed by atoms with Crippen LogP contribution < -0.4 is 14.9 Å². The highest BCUT2D eigenvalue weighted by atomic mass is 16.6. The van der Waals surface area contributed by atoms with Gasteiger partial charge in [-0.1, -0.05) is 26.8 Å². The minimum absolute atomic E-state index is 0.0481. The first kappa shape index (κ1) is 18.6. The monoisotopic (exact) mass is 370 g/mol. The minimum atomic E-state index is -0.821. The van der Waals surface area contributed by atoms with Gasteiger partial charge < -0.3 is 19.7 Å². The summed E-state index contributed by atoms with van der Waals surface area (Å²) >= 11 is 0. The van der Waals surface area contributed by atoms with E-state index >= 15 is 0 Å². The molecule has 0 aromatic heterocycles. The third-order valence-electron chi connectivity index (χ3n) is 4.15. The molecular weight excluding hydrogens is 348 g/mol. The molecule has 1 atom stereocenters. The number of hydrogen-bond donors (Lipinski definition) is 3. The van der Waals surface area contributed by atoms with Crippen LogP contribution in [0.3, 0.4) is 0 Å². The number of phenolic OH excluding ortho intramolecular Hbond substituents is 2. The molecule has 0 radical (unpaired) electrons. The minimum Gasteiger partial charge on any atom is -0.504 e. The van der Waals surface area contributed by atoms with Crippen molar-refractivity contribution in [3.8, 4) is 23.0 Å². The number of rotatable bonds is 3. The van der Waals surface area contributed by atoms with Crippen LogP contribution >= 0.6 is 0 Å². The zero-order valence-electron chi connectivity index (χ0n) is 15.4. The first-order valence-electron chi connectivity index (χ1n) is 8.53. The second-order valence-corrected chi connectivity index (χ2v) is 7.31. The van der Waals surface area contributed by atoms with Gasteiger partial charge in [-0.3, -0.25) is 4.79 Å². The van der Waals surface area contributed by atoms with Crippen LogP contribution in [0.15, 0.2) is 41.5 Å². The number of nitrogens with one attached hydrogen (secondary N) is 1. The number of nitrogens with zero attached hydrogens (tertiary/aromatic N) is 1. The number of aromatic hydroxyl groups is 2. The second-order valence-electron chi connectivity index (χ2n) is 7.31. The fourth-order valence-corrected chi connectivity index (χ4v) is 2.53. The van der Waals surface area contributed by atoms with Crippen molar-refractivity contribution in [2.75, 3.05) is 6.61 Å². The lowest BCUT2D eigenvalue weighted by molar-refractivity contribution is -0.130. The van der Waals surface area contributed by atoms with Gasteiger partial charge in [0.1, 0.15) is 6.61 Å². The summed E-state index contributed by atoms with van der Waals surface area (Å²) in [6.07, 6.45) is 0.532. The molecule has 1 unspecified atom stereocenters. The van der Waals surface area contributed by atoms with E-state index in [0.29, 0.717) is 17.1 Å². The summed E-state index contributed by atoms with van der Waals surface area (Å²) in [7, 11) is 0. The molecule has 142 valence electrons. The summed E-state index contributed by atoms with van der Waals surface area (Å²) in [5, 5.41) is 22.6. The first-order valence-corrected chi connectivity index (χ1v) is 8.53. The average Bonchev–Trinajstić information content (AvgIpc) is 2.63. The molecule has 1 heterocycles. The topological polar surface area (TPSA) is 100 Å². The number of hydrazone groups is 1. The summed E-state index contributed by atoms with van der Waals surface area (Å²) in [5.74, 6) is 0.204. The van der Waals surface area contributed by atoms with E-state index in [1.807, 2.05) is 18.2 Å². The number of fused-ring (bicyclic) bond motifs is 1. The van der Waals surface area contributed by atoms with Crippen molar-refractivity contribution < 1.29 is 24.5 Å². The van der Waals surface area contributed by atoms with Gasteiger partial charge >= 0.3 is 0 Å². The van der Waals surface area contributed by atoms with Crippen molar-refractivity contribution in [2.24, 2.45) is 5.10 Å². The average molecular weight is 370 g/mol. The number of phenols is 2. The highest BCUT2D eigenvalue weighted by Crippen LogP contribution is 2.36. The molecular formula is C20H22N2O5. The smallest absolute Gasteiger partial charge is 0.284 e. The lowest BCUT2D eigenvalue weighted by Crippen LogP contribution is -2.42. The van der Waals surface area contributed by atoms with Crippen molar-refractivity contribution >= 4 is 12.1 Å². The molecule has 0 saturated heterocycles. The Kier molecular flexibility index (Phi) is 4.94. The van der Waals surface area contributed by atoms with E-state index < -0.39 is 12.0 Å². The molecule has 1 aliphatic rings. The summed E-state index contributed by atoms with van der Waals surface area (Å²) < 4.78 is 11.4.